The standard InChI is InChI=1S/C20H24N4O3S/c1-28-20-22-9-15(10-23-20)12-24-6-2-3-14(11-24)8-21-19(25)16-4-5-17-18(7-16)27-13-26-17/h4-5,7,9-10,14H,2-3,6,8,11-13H2,1H3,(H,21,25)/t14-/m1/s1. The number of thioether (sulfide) groups is 1. The Kier molecular flexibility index (Phi) is 5.97. The number of hydrogen-bond donors (Lipinski definition) is 1. The van der Waals surface area contributed by atoms with Crippen LogP contribution in [0.3, 0.4) is 0 Å². The number of carbonyl (C=O) groups excluding carboxylic acids is 1. The highest BCUT2D eigenvalue weighted by molar-refractivity contribution is 7.98. The molecule has 148 valence electrons. The van der Waals surface area contributed by atoms with Crippen LogP contribution in [0.2, 0.25) is 0 Å². The van der Waals surface area contributed by atoms with E-state index in [2.05, 4.69) is 20.2 Å². The maximum atomic E-state index is 12.5. The first-order valence-corrected chi connectivity index (χ1v) is 10.7. The molecule has 0 unspecified atom stereocenters. The lowest BCUT2D eigenvalue weighted by atomic mass is 9.97. The van der Waals surface area contributed by atoms with Crippen molar-refractivity contribution in [3.63, 3.8) is 0 Å². The van der Waals surface area contributed by atoms with Gasteiger partial charge < -0.3 is 14.8 Å². The fraction of sp³-hybridized carbons (Fsp3) is 0.450. The van der Waals surface area contributed by atoms with Gasteiger partial charge in [-0.15, -0.1) is 0 Å². The van der Waals surface area contributed by atoms with Crippen LogP contribution in [0, 0.1) is 5.92 Å². The number of ether oxygens (including phenoxy) is 2. The lowest BCUT2D eigenvalue weighted by molar-refractivity contribution is 0.0930. The Hall–Kier alpha value is -2.32. The SMILES string of the molecule is CSc1ncc(CN2CCC[C@H](CNC(=O)c3ccc4c(c3)OCO4)C2)cn1. The second-order valence-corrected chi connectivity index (χ2v) is 7.87. The van der Waals surface area contributed by atoms with Crippen LogP contribution < -0.4 is 14.8 Å². The second kappa shape index (κ2) is 8.79. The smallest absolute Gasteiger partial charge is 0.251 e. The molecule has 1 aromatic carbocycles. The number of hydrogen-bond acceptors (Lipinski definition) is 7. The number of nitrogens with zero attached hydrogens (tertiary/aromatic N) is 3. The molecule has 1 N–H and O–H groups in total. The van der Waals surface area contributed by atoms with Gasteiger partial charge in [0.05, 0.1) is 0 Å². The van der Waals surface area contributed by atoms with E-state index < -0.39 is 0 Å². The quantitative estimate of drug-likeness (QED) is 0.590. The molecule has 0 radical (unpaired) electrons. The summed E-state index contributed by atoms with van der Waals surface area (Å²) in [6.07, 6.45) is 8.05. The van der Waals surface area contributed by atoms with E-state index in [1.807, 2.05) is 18.6 Å². The Morgan fingerprint density at radius 2 is 2.11 bits per heavy atom. The van der Waals surface area contributed by atoms with Gasteiger partial charge in [0.2, 0.25) is 6.79 Å². The van der Waals surface area contributed by atoms with Crippen molar-refractivity contribution >= 4 is 17.7 Å². The molecule has 8 heteroatoms. The summed E-state index contributed by atoms with van der Waals surface area (Å²) in [5, 5.41) is 3.87. The van der Waals surface area contributed by atoms with Crippen molar-refractivity contribution in [2.24, 2.45) is 5.92 Å². The minimum atomic E-state index is -0.0727. The molecule has 2 aromatic rings. The van der Waals surface area contributed by atoms with Crippen molar-refractivity contribution in [1.29, 1.82) is 0 Å². The normalized spacial score (nSPS) is 18.8. The highest BCUT2D eigenvalue weighted by atomic mass is 32.2. The average Bonchev–Trinajstić information content (AvgIpc) is 3.21. The van der Waals surface area contributed by atoms with Crippen molar-refractivity contribution in [3.05, 3.63) is 41.7 Å². The third-order valence-electron chi connectivity index (χ3n) is 5.06. The fourth-order valence-corrected chi connectivity index (χ4v) is 3.94. The molecule has 2 aliphatic heterocycles. The molecule has 0 saturated carbocycles. The van der Waals surface area contributed by atoms with Crippen LogP contribution in [0.4, 0.5) is 0 Å². The van der Waals surface area contributed by atoms with Crippen LogP contribution in [0.1, 0.15) is 28.8 Å². The predicted molar refractivity (Wildman–Crippen MR) is 107 cm³/mol. The summed E-state index contributed by atoms with van der Waals surface area (Å²) in [7, 11) is 0. The van der Waals surface area contributed by atoms with Crippen LogP contribution >= 0.6 is 11.8 Å². The Balaban J connectivity index is 1.28. The van der Waals surface area contributed by atoms with Crippen LogP contribution in [0.25, 0.3) is 0 Å². The van der Waals surface area contributed by atoms with Gasteiger partial charge in [0.1, 0.15) is 0 Å². The Morgan fingerprint density at radius 3 is 2.93 bits per heavy atom. The number of amides is 1. The van der Waals surface area contributed by atoms with Crippen molar-refractivity contribution in [3.8, 4) is 11.5 Å². The zero-order valence-corrected chi connectivity index (χ0v) is 16.7. The first kappa shape index (κ1) is 19.0. The zero-order valence-electron chi connectivity index (χ0n) is 15.9. The van der Waals surface area contributed by atoms with E-state index in [4.69, 9.17) is 9.47 Å². The van der Waals surface area contributed by atoms with Gasteiger partial charge in [-0.25, -0.2) is 9.97 Å². The van der Waals surface area contributed by atoms with Gasteiger partial charge in [0.15, 0.2) is 16.7 Å². The van der Waals surface area contributed by atoms with E-state index in [-0.39, 0.29) is 12.7 Å². The van der Waals surface area contributed by atoms with Gasteiger partial charge in [0.25, 0.3) is 5.91 Å². The summed E-state index contributed by atoms with van der Waals surface area (Å²) in [5.41, 5.74) is 1.73. The number of aromatic nitrogens is 2. The highest BCUT2D eigenvalue weighted by Gasteiger charge is 2.22. The van der Waals surface area contributed by atoms with Gasteiger partial charge in [-0.3, -0.25) is 9.69 Å². The number of likely N-dealkylation sites (tertiary alicyclic amines) is 1. The molecule has 7 nitrogen and oxygen atoms in total. The molecule has 0 aliphatic carbocycles. The second-order valence-electron chi connectivity index (χ2n) is 7.10. The minimum absolute atomic E-state index is 0.0727. The molecule has 2 aliphatic rings. The highest BCUT2D eigenvalue weighted by Crippen LogP contribution is 2.32. The molecule has 0 bridgehead atoms. The maximum absolute atomic E-state index is 12.5. The summed E-state index contributed by atoms with van der Waals surface area (Å²) in [6.45, 7) is 3.76. The number of carbonyl (C=O) groups is 1. The van der Waals surface area contributed by atoms with Crippen molar-refractivity contribution in [2.45, 2.75) is 24.5 Å². The molecule has 0 spiro atoms. The molecule has 1 saturated heterocycles. The first-order chi connectivity index (χ1) is 13.7. The van der Waals surface area contributed by atoms with Crippen molar-refractivity contribution in [1.82, 2.24) is 20.2 Å². The van der Waals surface area contributed by atoms with E-state index in [1.165, 1.54) is 0 Å². The molecular weight excluding hydrogens is 376 g/mol. The van der Waals surface area contributed by atoms with Crippen LogP contribution in [0.5, 0.6) is 11.5 Å². The summed E-state index contributed by atoms with van der Waals surface area (Å²) in [4.78, 5) is 23.6. The Labute approximate surface area is 168 Å². The summed E-state index contributed by atoms with van der Waals surface area (Å²) in [6, 6.07) is 5.29. The summed E-state index contributed by atoms with van der Waals surface area (Å²) >= 11 is 1.55. The number of benzene rings is 1. The van der Waals surface area contributed by atoms with Gasteiger partial charge in [-0.2, -0.15) is 0 Å². The Bertz CT molecular complexity index is 831. The van der Waals surface area contributed by atoms with E-state index in [1.54, 1.807) is 30.0 Å². The number of piperidine rings is 1. The third-order valence-corrected chi connectivity index (χ3v) is 5.64. The minimum Gasteiger partial charge on any atom is -0.454 e. The molecule has 4 rings (SSSR count). The molecule has 1 aromatic heterocycles. The van der Waals surface area contributed by atoms with Gasteiger partial charge in [-0.1, -0.05) is 11.8 Å². The maximum Gasteiger partial charge on any atom is 0.251 e. The molecule has 1 atom stereocenters. The fourth-order valence-electron chi connectivity index (χ4n) is 3.63. The lowest BCUT2D eigenvalue weighted by Crippen LogP contribution is -2.40. The molecular formula is C20H24N4O3S. The topological polar surface area (TPSA) is 76.6 Å². The van der Waals surface area contributed by atoms with Gasteiger partial charge in [-0.05, 0) is 49.8 Å². The Morgan fingerprint density at radius 1 is 1.29 bits per heavy atom. The van der Waals surface area contributed by atoms with Crippen LogP contribution in [-0.4, -0.2) is 53.5 Å². The first-order valence-electron chi connectivity index (χ1n) is 9.46. The zero-order chi connectivity index (χ0) is 19.3. The van der Waals surface area contributed by atoms with E-state index in [0.717, 1.165) is 43.2 Å². The van der Waals surface area contributed by atoms with E-state index in [9.17, 15) is 4.79 Å². The van der Waals surface area contributed by atoms with E-state index >= 15 is 0 Å². The van der Waals surface area contributed by atoms with Crippen molar-refractivity contribution < 1.29 is 14.3 Å². The number of fused-ring (bicyclic) bond motifs is 1. The predicted octanol–water partition coefficient (Wildman–Crippen LogP) is 2.57. The molecule has 1 fully saturated rings. The molecule has 28 heavy (non-hydrogen) atoms. The third kappa shape index (κ3) is 4.56. The lowest BCUT2D eigenvalue weighted by Gasteiger charge is -2.32. The monoisotopic (exact) mass is 400 g/mol. The number of nitrogens with one attached hydrogen (secondary N) is 1. The van der Waals surface area contributed by atoms with Crippen LogP contribution in [-0.2, 0) is 6.54 Å². The summed E-state index contributed by atoms with van der Waals surface area (Å²) < 4.78 is 10.6. The average molecular weight is 401 g/mol. The van der Waals surface area contributed by atoms with Crippen molar-refractivity contribution in [2.75, 3.05) is 32.7 Å². The number of rotatable bonds is 6. The van der Waals surface area contributed by atoms with Crippen LogP contribution in [0.15, 0.2) is 35.7 Å². The van der Waals surface area contributed by atoms with E-state index in [0.29, 0.717) is 29.5 Å². The van der Waals surface area contributed by atoms with Gasteiger partial charge in [0, 0.05) is 43.2 Å². The molecule has 3 heterocycles. The molecule has 1 amide bonds. The largest absolute Gasteiger partial charge is 0.454 e. The van der Waals surface area contributed by atoms with Gasteiger partial charge >= 0.3 is 0 Å². The summed E-state index contributed by atoms with van der Waals surface area (Å²) in [5.74, 6) is 1.69.